The van der Waals surface area contributed by atoms with E-state index in [0.717, 1.165) is 16.8 Å². The minimum absolute atomic E-state index is 0.204. The van der Waals surface area contributed by atoms with Crippen molar-refractivity contribution in [3.05, 3.63) is 62.5 Å². The Hall–Kier alpha value is -2.26. The summed E-state index contributed by atoms with van der Waals surface area (Å²) < 4.78 is 10.7. The van der Waals surface area contributed by atoms with Crippen LogP contribution in [0.2, 0.25) is 10.0 Å². The molecule has 0 aliphatic carbocycles. The van der Waals surface area contributed by atoms with Gasteiger partial charge >= 0.3 is 0 Å². The number of carbonyl (C=O) groups excluding carboxylic acids is 2. The van der Waals surface area contributed by atoms with Crippen LogP contribution in [-0.2, 0) is 4.79 Å². The standard InChI is InChI=1S/C19H14Cl2N2O4S2/c1-26-14-8-10(7-13(21)16(14)27-2)9-15-18(25)23(19(28)29-15)22-17(24)11-3-5-12(20)6-4-11/h3-9H,1-2H3,(H,22,24)/b15-9-. The van der Waals surface area contributed by atoms with E-state index in [9.17, 15) is 9.59 Å². The second kappa shape index (κ2) is 9.04. The molecular formula is C19H14Cl2N2O4S2. The summed E-state index contributed by atoms with van der Waals surface area (Å²) in [6, 6.07) is 9.60. The number of hydrazine groups is 1. The van der Waals surface area contributed by atoms with Gasteiger partial charge in [-0.3, -0.25) is 15.0 Å². The number of benzene rings is 2. The number of carbonyl (C=O) groups is 2. The molecule has 1 aliphatic heterocycles. The summed E-state index contributed by atoms with van der Waals surface area (Å²) in [6.45, 7) is 0. The molecule has 1 aliphatic rings. The number of nitrogens with one attached hydrogen (secondary N) is 1. The van der Waals surface area contributed by atoms with Gasteiger partial charge in [0.1, 0.15) is 0 Å². The topological polar surface area (TPSA) is 67.9 Å². The highest BCUT2D eigenvalue weighted by atomic mass is 35.5. The first-order chi connectivity index (χ1) is 13.8. The van der Waals surface area contributed by atoms with Gasteiger partial charge in [0.2, 0.25) is 0 Å². The van der Waals surface area contributed by atoms with Crippen molar-refractivity contribution < 1.29 is 19.1 Å². The quantitative estimate of drug-likeness (QED) is 0.512. The van der Waals surface area contributed by atoms with E-state index in [2.05, 4.69) is 5.43 Å². The number of ether oxygens (including phenoxy) is 2. The van der Waals surface area contributed by atoms with Crippen molar-refractivity contribution in [1.82, 2.24) is 10.4 Å². The molecule has 1 saturated heterocycles. The molecule has 150 valence electrons. The number of halogens is 2. The molecule has 0 bridgehead atoms. The molecular weight excluding hydrogens is 455 g/mol. The molecule has 2 amide bonds. The number of hydrogen-bond acceptors (Lipinski definition) is 6. The molecule has 10 heteroatoms. The summed E-state index contributed by atoms with van der Waals surface area (Å²) in [7, 11) is 2.97. The van der Waals surface area contributed by atoms with Gasteiger partial charge in [-0.15, -0.1) is 0 Å². The third-order valence-electron chi connectivity index (χ3n) is 3.87. The van der Waals surface area contributed by atoms with E-state index in [-0.39, 0.29) is 4.32 Å². The zero-order valence-electron chi connectivity index (χ0n) is 15.2. The van der Waals surface area contributed by atoms with E-state index >= 15 is 0 Å². The second-order valence-corrected chi connectivity index (χ2v) is 8.22. The van der Waals surface area contributed by atoms with Crippen molar-refractivity contribution in [2.75, 3.05) is 14.2 Å². The van der Waals surface area contributed by atoms with Gasteiger partial charge in [-0.1, -0.05) is 35.0 Å². The van der Waals surface area contributed by atoms with Gasteiger partial charge in [0.15, 0.2) is 15.8 Å². The molecule has 0 radical (unpaired) electrons. The summed E-state index contributed by atoms with van der Waals surface area (Å²) in [6.07, 6.45) is 1.61. The first-order valence-corrected chi connectivity index (χ1v) is 10.1. The van der Waals surface area contributed by atoms with E-state index in [1.165, 1.54) is 14.2 Å². The van der Waals surface area contributed by atoms with Crippen molar-refractivity contribution in [1.29, 1.82) is 0 Å². The number of hydrogen-bond donors (Lipinski definition) is 1. The summed E-state index contributed by atoms with van der Waals surface area (Å²) in [4.78, 5) is 25.4. The Morgan fingerprint density at radius 3 is 2.48 bits per heavy atom. The van der Waals surface area contributed by atoms with E-state index < -0.39 is 11.8 Å². The first-order valence-electron chi connectivity index (χ1n) is 8.10. The smallest absolute Gasteiger partial charge is 0.285 e. The Morgan fingerprint density at radius 2 is 1.86 bits per heavy atom. The highest BCUT2D eigenvalue weighted by Crippen LogP contribution is 2.38. The van der Waals surface area contributed by atoms with Crippen LogP contribution in [0.3, 0.4) is 0 Å². The summed E-state index contributed by atoms with van der Waals surface area (Å²) >= 11 is 18.3. The molecule has 0 aromatic heterocycles. The van der Waals surface area contributed by atoms with Gasteiger partial charge in [-0.25, -0.2) is 0 Å². The lowest BCUT2D eigenvalue weighted by molar-refractivity contribution is -0.123. The van der Waals surface area contributed by atoms with Crippen LogP contribution in [-0.4, -0.2) is 35.4 Å². The van der Waals surface area contributed by atoms with Gasteiger partial charge in [0.25, 0.3) is 11.8 Å². The van der Waals surface area contributed by atoms with Crippen molar-refractivity contribution in [2.24, 2.45) is 0 Å². The molecule has 0 unspecified atom stereocenters. The molecule has 0 atom stereocenters. The fraction of sp³-hybridized carbons (Fsp3) is 0.105. The number of thiocarbonyl (C=S) groups is 1. The fourth-order valence-electron chi connectivity index (χ4n) is 2.50. The normalized spacial score (nSPS) is 15.0. The minimum atomic E-state index is -0.478. The SMILES string of the molecule is COc1cc(/C=C2\SC(=S)N(NC(=O)c3ccc(Cl)cc3)C2=O)cc(Cl)c1OC. The predicted molar refractivity (Wildman–Crippen MR) is 118 cm³/mol. The van der Waals surface area contributed by atoms with Crippen molar-refractivity contribution in [2.45, 2.75) is 0 Å². The van der Waals surface area contributed by atoms with Crippen LogP contribution in [0.25, 0.3) is 6.08 Å². The van der Waals surface area contributed by atoms with Crippen molar-refractivity contribution in [3.63, 3.8) is 0 Å². The van der Waals surface area contributed by atoms with Crippen molar-refractivity contribution >= 4 is 69.4 Å². The van der Waals surface area contributed by atoms with Crippen LogP contribution in [0.15, 0.2) is 41.3 Å². The van der Waals surface area contributed by atoms with Gasteiger partial charge < -0.3 is 9.47 Å². The lowest BCUT2D eigenvalue weighted by atomic mass is 10.2. The molecule has 6 nitrogen and oxygen atoms in total. The molecule has 1 fully saturated rings. The van der Waals surface area contributed by atoms with E-state index in [1.807, 2.05) is 0 Å². The number of methoxy groups -OCH3 is 2. The molecule has 0 saturated carbocycles. The van der Waals surface area contributed by atoms with E-state index in [0.29, 0.717) is 37.6 Å². The Morgan fingerprint density at radius 1 is 1.17 bits per heavy atom. The summed E-state index contributed by atoms with van der Waals surface area (Å²) in [5, 5.41) is 1.87. The monoisotopic (exact) mass is 468 g/mol. The number of nitrogens with zero attached hydrogens (tertiary/aromatic N) is 1. The van der Waals surface area contributed by atoms with Crippen LogP contribution in [0.4, 0.5) is 0 Å². The third-order valence-corrected chi connectivity index (χ3v) is 5.70. The summed E-state index contributed by atoms with van der Waals surface area (Å²) in [5.74, 6) is -0.103. The molecule has 3 rings (SSSR count). The third kappa shape index (κ3) is 4.67. The molecule has 1 heterocycles. The summed E-state index contributed by atoms with van der Waals surface area (Å²) in [5.41, 5.74) is 3.48. The van der Waals surface area contributed by atoms with E-state index in [4.69, 9.17) is 44.9 Å². The average molecular weight is 469 g/mol. The maximum atomic E-state index is 12.7. The Labute approximate surface area is 186 Å². The van der Waals surface area contributed by atoms with Crippen LogP contribution in [0.5, 0.6) is 11.5 Å². The molecule has 2 aromatic rings. The zero-order chi connectivity index (χ0) is 21.1. The van der Waals surface area contributed by atoms with Gasteiger partial charge in [0, 0.05) is 10.6 Å². The first kappa shape index (κ1) is 21.4. The highest BCUT2D eigenvalue weighted by Gasteiger charge is 2.34. The number of rotatable bonds is 5. The fourth-order valence-corrected chi connectivity index (χ4v) is 4.11. The van der Waals surface area contributed by atoms with Gasteiger partial charge in [-0.2, -0.15) is 5.01 Å². The Balaban J connectivity index is 1.82. The maximum Gasteiger partial charge on any atom is 0.285 e. The largest absolute Gasteiger partial charge is 0.493 e. The molecule has 0 spiro atoms. The highest BCUT2D eigenvalue weighted by molar-refractivity contribution is 8.26. The van der Waals surface area contributed by atoms with Gasteiger partial charge in [-0.05, 0) is 60.3 Å². The lowest BCUT2D eigenvalue weighted by Gasteiger charge is -2.15. The van der Waals surface area contributed by atoms with Gasteiger partial charge in [0.05, 0.1) is 24.1 Å². The number of thioether (sulfide) groups is 1. The molecule has 1 N–H and O–H groups in total. The number of amides is 2. The zero-order valence-corrected chi connectivity index (χ0v) is 18.3. The van der Waals surface area contributed by atoms with Crippen LogP contribution in [0, 0.1) is 0 Å². The molecule has 2 aromatic carbocycles. The lowest BCUT2D eigenvalue weighted by Crippen LogP contribution is -2.44. The van der Waals surface area contributed by atoms with Crippen LogP contribution in [0.1, 0.15) is 15.9 Å². The predicted octanol–water partition coefficient (Wildman–Crippen LogP) is 4.56. The average Bonchev–Trinajstić information content (AvgIpc) is 2.95. The second-order valence-electron chi connectivity index (χ2n) is 5.70. The Kier molecular flexibility index (Phi) is 6.69. The molecule has 29 heavy (non-hydrogen) atoms. The van der Waals surface area contributed by atoms with Crippen molar-refractivity contribution in [3.8, 4) is 11.5 Å². The van der Waals surface area contributed by atoms with Crippen LogP contribution < -0.4 is 14.9 Å². The van der Waals surface area contributed by atoms with E-state index in [1.54, 1.807) is 42.5 Å². The minimum Gasteiger partial charge on any atom is -0.493 e. The maximum absolute atomic E-state index is 12.7. The Bertz CT molecular complexity index is 1030. The van der Waals surface area contributed by atoms with Crippen LogP contribution >= 0.6 is 47.2 Å².